The van der Waals surface area contributed by atoms with Crippen molar-refractivity contribution in [2.45, 2.75) is 58.4 Å². The van der Waals surface area contributed by atoms with E-state index in [0.717, 1.165) is 12.8 Å². The molecule has 1 atom stereocenters. The summed E-state index contributed by atoms with van der Waals surface area (Å²) in [4.78, 5) is 16.3. The molecule has 0 spiro atoms. The zero-order valence-electron chi connectivity index (χ0n) is 14.1. The zero-order chi connectivity index (χ0) is 16.7. The first-order chi connectivity index (χ1) is 11.0. The van der Waals surface area contributed by atoms with Gasteiger partial charge in [-0.1, -0.05) is 49.3 Å². The predicted octanol–water partition coefficient (Wildman–Crippen LogP) is 3.26. The predicted molar refractivity (Wildman–Crippen MR) is 89.1 cm³/mol. The Balaban J connectivity index is 1.69. The van der Waals surface area contributed by atoms with E-state index in [4.69, 9.17) is 4.52 Å². The van der Waals surface area contributed by atoms with Crippen molar-refractivity contribution in [1.29, 1.82) is 0 Å². The highest BCUT2D eigenvalue weighted by Crippen LogP contribution is 2.11. The van der Waals surface area contributed by atoms with Crippen LogP contribution >= 0.6 is 0 Å². The van der Waals surface area contributed by atoms with Gasteiger partial charge in [0.2, 0.25) is 11.8 Å². The normalized spacial score (nSPS) is 12.3. The maximum atomic E-state index is 12.0. The molecule has 0 aliphatic rings. The second-order valence-corrected chi connectivity index (χ2v) is 6.19. The Kier molecular flexibility index (Phi) is 6.32. The summed E-state index contributed by atoms with van der Waals surface area (Å²) in [5.41, 5.74) is 1.29. The molecule has 1 heterocycles. The molecule has 5 nitrogen and oxygen atoms in total. The fraction of sp³-hybridized carbons (Fsp3) is 0.500. The average Bonchev–Trinajstić information content (AvgIpc) is 3.01. The Bertz CT molecular complexity index is 608. The van der Waals surface area contributed by atoms with Gasteiger partial charge in [0.25, 0.3) is 0 Å². The standard InChI is InChI=1S/C18H25N3O2/c1-13(2)18-20-17(23-21-18)12-11-16(22)19-14(3)9-10-15-7-5-4-6-8-15/h4-8,13-14H,9-12H2,1-3H3,(H,19,22). The quantitative estimate of drug-likeness (QED) is 0.812. The number of hydrogen-bond acceptors (Lipinski definition) is 4. The lowest BCUT2D eigenvalue weighted by molar-refractivity contribution is -0.121. The van der Waals surface area contributed by atoms with Crippen molar-refractivity contribution in [3.63, 3.8) is 0 Å². The lowest BCUT2D eigenvalue weighted by atomic mass is 10.1. The van der Waals surface area contributed by atoms with Gasteiger partial charge < -0.3 is 9.84 Å². The van der Waals surface area contributed by atoms with E-state index >= 15 is 0 Å². The maximum Gasteiger partial charge on any atom is 0.227 e. The number of aromatic nitrogens is 2. The Labute approximate surface area is 137 Å². The minimum atomic E-state index is 0.0230. The molecular formula is C18H25N3O2. The first-order valence-electron chi connectivity index (χ1n) is 8.20. The van der Waals surface area contributed by atoms with Crippen LogP contribution in [0.15, 0.2) is 34.9 Å². The van der Waals surface area contributed by atoms with Crippen LogP contribution in [0.5, 0.6) is 0 Å². The summed E-state index contributed by atoms with van der Waals surface area (Å²) in [7, 11) is 0. The molecule has 0 saturated heterocycles. The molecule has 0 radical (unpaired) electrons. The summed E-state index contributed by atoms with van der Waals surface area (Å²) in [6, 6.07) is 10.4. The topological polar surface area (TPSA) is 68.0 Å². The molecule has 1 N–H and O–H groups in total. The monoisotopic (exact) mass is 315 g/mol. The number of aryl methyl sites for hydroxylation is 2. The molecule has 124 valence electrons. The Morgan fingerprint density at radius 2 is 1.91 bits per heavy atom. The third-order valence-electron chi connectivity index (χ3n) is 3.68. The number of hydrogen-bond donors (Lipinski definition) is 1. The number of rotatable bonds is 8. The Hall–Kier alpha value is -2.17. The zero-order valence-corrected chi connectivity index (χ0v) is 14.1. The van der Waals surface area contributed by atoms with Crippen molar-refractivity contribution in [3.05, 3.63) is 47.6 Å². The van der Waals surface area contributed by atoms with Gasteiger partial charge in [-0.2, -0.15) is 4.98 Å². The average molecular weight is 315 g/mol. The van der Waals surface area contributed by atoms with Crippen LogP contribution in [0.2, 0.25) is 0 Å². The highest BCUT2D eigenvalue weighted by Gasteiger charge is 2.12. The van der Waals surface area contributed by atoms with Gasteiger partial charge in [-0.3, -0.25) is 4.79 Å². The van der Waals surface area contributed by atoms with Crippen molar-refractivity contribution < 1.29 is 9.32 Å². The molecule has 0 aliphatic carbocycles. The van der Waals surface area contributed by atoms with Crippen LogP contribution in [0.1, 0.15) is 56.8 Å². The van der Waals surface area contributed by atoms with Crippen molar-refractivity contribution in [1.82, 2.24) is 15.5 Å². The lowest BCUT2D eigenvalue weighted by Gasteiger charge is -2.13. The van der Waals surface area contributed by atoms with E-state index in [2.05, 4.69) is 27.6 Å². The summed E-state index contributed by atoms with van der Waals surface area (Å²) in [6.07, 6.45) is 2.74. The molecule has 0 bridgehead atoms. The summed E-state index contributed by atoms with van der Waals surface area (Å²) in [5.74, 6) is 1.48. The number of nitrogens with zero attached hydrogens (tertiary/aromatic N) is 2. The van der Waals surface area contributed by atoms with Crippen LogP contribution in [-0.2, 0) is 17.6 Å². The SMILES string of the molecule is CC(CCc1ccccc1)NC(=O)CCc1nc(C(C)C)no1. The number of nitrogens with one attached hydrogen (secondary N) is 1. The minimum Gasteiger partial charge on any atom is -0.354 e. The smallest absolute Gasteiger partial charge is 0.227 e. The van der Waals surface area contributed by atoms with Crippen LogP contribution in [-0.4, -0.2) is 22.1 Å². The van der Waals surface area contributed by atoms with E-state index in [9.17, 15) is 4.79 Å². The van der Waals surface area contributed by atoms with Gasteiger partial charge in [0.15, 0.2) is 5.82 Å². The van der Waals surface area contributed by atoms with Crippen LogP contribution in [0, 0.1) is 0 Å². The van der Waals surface area contributed by atoms with Crippen LogP contribution in [0.25, 0.3) is 0 Å². The number of benzene rings is 1. The Morgan fingerprint density at radius 1 is 1.17 bits per heavy atom. The molecule has 23 heavy (non-hydrogen) atoms. The first-order valence-corrected chi connectivity index (χ1v) is 8.20. The summed E-state index contributed by atoms with van der Waals surface area (Å²) in [5, 5.41) is 6.92. The first kappa shape index (κ1) is 17.2. The molecule has 5 heteroatoms. The van der Waals surface area contributed by atoms with Gasteiger partial charge >= 0.3 is 0 Å². The van der Waals surface area contributed by atoms with Crippen LogP contribution < -0.4 is 5.32 Å². The van der Waals surface area contributed by atoms with Crippen molar-refractivity contribution in [3.8, 4) is 0 Å². The van der Waals surface area contributed by atoms with E-state index in [1.165, 1.54) is 5.56 Å². The fourth-order valence-corrected chi connectivity index (χ4v) is 2.27. The van der Waals surface area contributed by atoms with Gasteiger partial charge in [0, 0.05) is 24.8 Å². The Morgan fingerprint density at radius 3 is 2.57 bits per heavy atom. The fourth-order valence-electron chi connectivity index (χ4n) is 2.27. The maximum absolute atomic E-state index is 12.0. The summed E-state index contributed by atoms with van der Waals surface area (Å²) in [6.45, 7) is 6.05. The van der Waals surface area contributed by atoms with Crippen LogP contribution in [0.4, 0.5) is 0 Å². The van der Waals surface area contributed by atoms with E-state index in [1.807, 2.05) is 39.0 Å². The number of carbonyl (C=O) groups is 1. The molecule has 1 unspecified atom stereocenters. The molecule has 2 rings (SSSR count). The molecule has 0 aliphatic heterocycles. The van der Waals surface area contributed by atoms with E-state index < -0.39 is 0 Å². The third kappa shape index (κ3) is 5.85. The second kappa shape index (κ2) is 8.46. The van der Waals surface area contributed by atoms with Crippen LogP contribution in [0.3, 0.4) is 0 Å². The van der Waals surface area contributed by atoms with Gasteiger partial charge in [-0.15, -0.1) is 0 Å². The molecular weight excluding hydrogens is 290 g/mol. The van der Waals surface area contributed by atoms with Crippen molar-refractivity contribution in [2.24, 2.45) is 0 Å². The number of carbonyl (C=O) groups excluding carboxylic acids is 1. The third-order valence-corrected chi connectivity index (χ3v) is 3.68. The van der Waals surface area contributed by atoms with Gasteiger partial charge in [-0.05, 0) is 25.3 Å². The molecule has 0 saturated carbocycles. The molecule has 2 aromatic rings. The molecule has 1 amide bonds. The lowest BCUT2D eigenvalue weighted by Crippen LogP contribution is -2.33. The molecule has 0 fully saturated rings. The van der Waals surface area contributed by atoms with Crippen molar-refractivity contribution in [2.75, 3.05) is 0 Å². The number of amides is 1. The summed E-state index contributed by atoms with van der Waals surface area (Å²) >= 11 is 0. The van der Waals surface area contributed by atoms with Crippen molar-refractivity contribution >= 4 is 5.91 Å². The van der Waals surface area contributed by atoms with Gasteiger partial charge in [0.1, 0.15) is 0 Å². The largest absolute Gasteiger partial charge is 0.354 e. The molecule has 1 aromatic heterocycles. The van der Waals surface area contributed by atoms with E-state index in [1.54, 1.807) is 0 Å². The highest BCUT2D eigenvalue weighted by molar-refractivity contribution is 5.76. The minimum absolute atomic E-state index is 0.0230. The second-order valence-electron chi connectivity index (χ2n) is 6.19. The van der Waals surface area contributed by atoms with E-state index in [-0.39, 0.29) is 17.9 Å². The summed E-state index contributed by atoms with van der Waals surface area (Å²) < 4.78 is 5.15. The van der Waals surface area contributed by atoms with Gasteiger partial charge in [0.05, 0.1) is 0 Å². The van der Waals surface area contributed by atoms with E-state index in [0.29, 0.717) is 24.6 Å². The highest BCUT2D eigenvalue weighted by atomic mass is 16.5. The van der Waals surface area contributed by atoms with Gasteiger partial charge in [-0.25, -0.2) is 0 Å². The molecule has 1 aromatic carbocycles.